The van der Waals surface area contributed by atoms with Crippen LogP contribution in [0.5, 0.6) is 0 Å². The molecule has 1 aliphatic rings. The molecule has 5 heteroatoms. The van der Waals surface area contributed by atoms with E-state index in [2.05, 4.69) is 6.58 Å². The second-order valence-electron chi connectivity index (χ2n) is 4.30. The minimum atomic E-state index is -0.864. The lowest BCUT2D eigenvalue weighted by Gasteiger charge is -2.16. The van der Waals surface area contributed by atoms with Gasteiger partial charge in [-0.2, -0.15) is 0 Å². The van der Waals surface area contributed by atoms with Crippen LogP contribution >= 0.6 is 0 Å². The van der Waals surface area contributed by atoms with Gasteiger partial charge in [0.2, 0.25) is 0 Å². The van der Waals surface area contributed by atoms with Crippen molar-refractivity contribution in [2.75, 3.05) is 13.2 Å². The van der Waals surface area contributed by atoms with Crippen LogP contribution in [0.2, 0.25) is 0 Å². The predicted molar refractivity (Wildman–Crippen MR) is 65.7 cm³/mol. The van der Waals surface area contributed by atoms with Crippen molar-refractivity contribution >= 4 is 5.97 Å². The molecular weight excluding hydrogens is 236 g/mol. The second kappa shape index (κ2) is 7.18. The molecule has 0 amide bonds. The van der Waals surface area contributed by atoms with E-state index in [1.165, 1.54) is 0 Å². The van der Waals surface area contributed by atoms with E-state index < -0.39 is 18.2 Å². The van der Waals surface area contributed by atoms with Gasteiger partial charge >= 0.3 is 5.97 Å². The molecule has 0 saturated carbocycles. The van der Waals surface area contributed by atoms with Gasteiger partial charge in [-0.05, 0) is 31.4 Å². The summed E-state index contributed by atoms with van der Waals surface area (Å²) in [7, 11) is 0. The Balaban J connectivity index is 2.31. The summed E-state index contributed by atoms with van der Waals surface area (Å²) in [6.45, 7) is 5.69. The van der Waals surface area contributed by atoms with Gasteiger partial charge in [-0.1, -0.05) is 6.58 Å². The molecular formula is C13H20O5. The van der Waals surface area contributed by atoms with Gasteiger partial charge in [0.25, 0.3) is 0 Å². The second-order valence-corrected chi connectivity index (χ2v) is 4.30. The first-order valence-electron chi connectivity index (χ1n) is 6.04. The summed E-state index contributed by atoms with van der Waals surface area (Å²) >= 11 is 0. The normalized spacial score (nSPS) is 19.9. The third kappa shape index (κ3) is 4.16. The van der Waals surface area contributed by atoms with Crippen LogP contribution in [0.3, 0.4) is 0 Å². The Labute approximate surface area is 107 Å². The van der Waals surface area contributed by atoms with Gasteiger partial charge in [0.05, 0.1) is 6.61 Å². The molecule has 0 fully saturated rings. The molecule has 1 aliphatic heterocycles. The summed E-state index contributed by atoms with van der Waals surface area (Å²) < 4.78 is 10.3. The molecule has 2 atom stereocenters. The van der Waals surface area contributed by atoms with Gasteiger partial charge in [-0.25, -0.2) is 4.79 Å². The molecule has 0 aromatic rings. The summed E-state index contributed by atoms with van der Waals surface area (Å²) in [5, 5.41) is 18.3. The van der Waals surface area contributed by atoms with Crippen molar-refractivity contribution in [3.63, 3.8) is 0 Å². The standard InChI is InChI=1S/C13H20O5/c1-9(2)12(15)10-5-6-11(18-10)13(16)17-8-4-3-7-14/h5,11-12,14-15H,1,3-4,6-8H2,2H3. The van der Waals surface area contributed by atoms with E-state index in [1.54, 1.807) is 13.0 Å². The molecule has 2 unspecified atom stereocenters. The SMILES string of the molecule is C=C(C)C(O)C1=CCC(C(=O)OCCCCO)O1. The lowest BCUT2D eigenvalue weighted by Crippen LogP contribution is -2.25. The van der Waals surface area contributed by atoms with Crippen LogP contribution in [0, 0.1) is 0 Å². The molecule has 102 valence electrons. The Bertz CT molecular complexity index is 334. The fourth-order valence-corrected chi connectivity index (χ4v) is 1.53. The third-order valence-electron chi connectivity index (χ3n) is 2.61. The highest BCUT2D eigenvalue weighted by atomic mass is 16.6. The highest BCUT2D eigenvalue weighted by Crippen LogP contribution is 2.23. The maximum atomic E-state index is 11.6. The van der Waals surface area contributed by atoms with E-state index in [4.69, 9.17) is 14.6 Å². The van der Waals surface area contributed by atoms with Crippen LogP contribution in [-0.4, -0.2) is 41.6 Å². The molecule has 0 aromatic heterocycles. The van der Waals surface area contributed by atoms with E-state index in [-0.39, 0.29) is 13.2 Å². The predicted octanol–water partition coefficient (Wildman–Crippen LogP) is 0.912. The zero-order chi connectivity index (χ0) is 13.5. The Morgan fingerprint density at radius 1 is 1.67 bits per heavy atom. The van der Waals surface area contributed by atoms with E-state index in [1.807, 2.05) is 0 Å². The van der Waals surface area contributed by atoms with Gasteiger partial charge in [0.1, 0.15) is 11.9 Å². The van der Waals surface area contributed by atoms with Crippen molar-refractivity contribution in [1.29, 1.82) is 0 Å². The molecule has 2 N–H and O–H groups in total. The summed E-state index contributed by atoms with van der Waals surface area (Å²) in [6.07, 6.45) is 1.78. The largest absolute Gasteiger partial charge is 0.480 e. The number of rotatable bonds is 7. The molecule has 1 rings (SSSR count). The lowest BCUT2D eigenvalue weighted by molar-refractivity contribution is -0.154. The smallest absolute Gasteiger partial charge is 0.347 e. The number of carbonyl (C=O) groups excluding carboxylic acids is 1. The first-order chi connectivity index (χ1) is 8.56. The van der Waals surface area contributed by atoms with Crippen molar-refractivity contribution in [2.45, 2.75) is 38.4 Å². The highest BCUT2D eigenvalue weighted by molar-refractivity contribution is 5.75. The van der Waals surface area contributed by atoms with Crippen molar-refractivity contribution in [3.8, 4) is 0 Å². The molecule has 1 heterocycles. The van der Waals surface area contributed by atoms with Gasteiger partial charge in [0.15, 0.2) is 6.10 Å². The fourth-order valence-electron chi connectivity index (χ4n) is 1.53. The van der Waals surface area contributed by atoms with Crippen LogP contribution in [0.25, 0.3) is 0 Å². The zero-order valence-electron chi connectivity index (χ0n) is 10.6. The minimum absolute atomic E-state index is 0.0913. The van der Waals surface area contributed by atoms with Gasteiger partial charge in [-0.3, -0.25) is 0 Å². The number of unbranched alkanes of at least 4 members (excludes halogenated alkanes) is 1. The van der Waals surface area contributed by atoms with Crippen LogP contribution in [0.1, 0.15) is 26.2 Å². The number of esters is 1. The van der Waals surface area contributed by atoms with Crippen molar-refractivity contribution in [2.24, 2.45) is 0 Å². The van der Waals surface area contributed by atoms with Gasteiger partial charge in [-0.15, -0.1) is 0 Å². The maximum absolute atomic E-state index is 11.6. The summed E-state index contributed by atoms with van der Waals surface area (Å²) in [5.74, 6) is -0.0760. The van der Waals surface area contributed by atoms with Crippen LogP contribution in [0.4, 0.5) is 0 Å². The fraction of sp³-hybridized carbons (Fsp3) is 0.615. The number of ether oxygens (including phenoxy) is 2. The number of aliphatic hydroxyl groups is 2. The quantitative estimate of drug-likeness (QED) is 0.402. The number of hydrogen-bond acceptors (Lipinski definition) is 5. The Kier molecular flexibility index (Phi) is 5.88. The van der Waals surface area contributed by atoms with E-state index in [0.717, 1.165) is 0 Å². The van der Waals surface area contributed by atoms with E-state index in [0.29, 0.717) is 30.6 Å². The molecule has 0 bridgehead atoms. The summed E-state index contributed by atoms with van der Waals surface area (Å²) in [4.78, 5) is 11.6. The zero-order valence-corrected chi connectivity index (χ0v) is 10.6. The third-order valence-corrected chi connectivity index (χ3v) is 2.61. The first-order valence-corrected chi connectivity index (χ1v) is 6.04. The topological polar surface area (TPSA) is 76.0 Å². The maximum Gasteiger partial charge on any atom is 0.347 e. The Morgan fingerprint density at radius 3 is 3.00 bits per heavy atom. The molecule has 18 heavy (non-hydrogen) atoms. The molecule has 0 aliphatic carbocycles. The van der Waals surface area contributed by atoms with Crippen LogP contribution in [-0.2, 0) is 14.3 Å². The molecule has 0 aromatic carbocycles. The number of aliphatic hydroxyl groups excluding tert-OH is 2. The monoisotopic (exact) mass is 256 g/mol. The van der Waals surface area contributed by atoms with Gasteiger partial charge in [0, 0.05) is 13.0 Å². The average molecular weight is 256 g/mol. The molecule has 0 radical (unpaired) electrons. The van der Waals surface area contributed by atoms with Crippen molar-refractivity contribution in [3.05, 3.63) is 24.0 Å². The Morgan fingerprint density at radius 2 is 2.39 bits per heavy atom. The summed E-state index contributed by atoms with van der Waals surface area (Å²) in [5.41, 5.74) is 0.568. The highest BCUT2D eigenvalue weighted by Gasteiger charge is 2.30. The lowest BCUT2D eigenvalue weighted by atomic mass is 10.1. The molecule has 5 nitrogen and oxygen atoms in total. The molecule has 0 saturated heterocycles. The summed E-state index contributed by atoms with van der Waals surface area (Å²) in [6, 6.07) is 0. The van der Waals surface area contributed by atoms with Crippen molar-refractivity contribution < 1.29 is 24.5 Å². The van der Waals surface area contributed by atoms with Crippen LogP contribution < -0.4 is 0 Å². The number of carbonyl (C=O) groups is 1. The average Bonchev–Trinajstić information content (AvgIpc) is 2.82. The number of hydrogen-bond donors (Lipinski definition) is 2. The van der Waals surface area contributed by atoms with E-state index >= 15 is 0 Å². The minimum Gasteiger partial charge on any atom is -0.480 e. The Hall–Kier alpha value is -1.33. The first kappa shape index (κ1) is 14.7. The van der Waals surface area contributed by atoms with Crippen molar-refractivity contribution in [1.82, 2.24) is 0 Å². The van der Waals surface area contributed by atoms with E-state index in [9.17, 15) is 9.90 Å². The molecule has 0 spiro atoms. The van der Waals surface area contributed by atoms with Crippen LogP contribution in [0.15, 0.2) is 24.0 Å². The van der Waals surface area contributed by atoms with Gasteiger partial charge < -0.3 is 19.7 Å².